The molecular formula is C54H86O27S. The van der Waals surface area contributed by atoms with E-state index in [1.807, 2.05) is 34.6 Å². The molecule has 0 bridgehead atoms. The van der Waals surface area contributed by atoms with Crippen molar-refractivity contribution in [1.82, 2.24) is 0 Å². The van der Waals surface area contributed by atoms with Crippen LogP contribution in [0.2, 0.25) is 0 Å². The first-order valence-corrected chi connectivity index (χ1v) is 30.0. The van der Waals surface area contributed by atoms with Gasteiger partial charge in [-0.25, -0.2) is 4.18 Å². The molecule has 9 fully saturated rings. The van der Waals surface area contributed by atoms with E-state index in [0.717, 1.165) is 5.57 Å². The first-order chi connectivity index (χ1) is 38.2. The average Bonchev–Trinajstić information content (AvgIpc) is 1.46. The zero-order valence-electron chi connectivity index (χ0n) is 47.6. The second-order valence-corrected chi connectivity index (χ2v) is 27.5. The summed E-state index contributed by atoms with van der Waals surface area (Å²) in [4.78, 5) is 14.7. The normalized spacial score (nSPS) is 53.6. The summed E-state index contributed by atoms with van der Waals surface area (Å²) in [6.45, 7) is 13.1. The number of carbonyl (C=O) groups is 1. The molecule has 6 heterocycles. The number of carbonyl (C=O) groups excluding carboxylic acids is 1. The van der Waals surface area contributed by atoms with E-state index in [0.29, 0.717) is 44.9 Å². The van der Waals surface area contributed by atoms with E-state index < -0.39 is 210 Å². The second kappa shape index (κ2) is 22.1. The van der Waals surface area contributed by atoms with Crippen molar-refractivity contribution in [2.75, 3.05) is 26.9 Å². The van der Waals surface area contributed by atoms with Gasteiger partial charge in [0.15, 0.2) is 30.8 Å². The molecule has 470 valence electrons. The van der Waals surface area contributed by atoms with E-state index in [9.17, 15) is 73.9 Å². The Hall–Kier alpha value is -1.76. The third-order valence-electron chi connectivity index (χ3n) is 21.4. The summed E-state index contributed by atoms with van der Waals surface area (Å²) < 4.78 is 104. The third kappa shape index (κ3) is 9.71. The summed E-state index contributed by atoms with van der Waals surface area (Å²) in [5.41, 5.74) is -6.49. The largest absolute Gasteiger partial charge is 0.453 e. The minimum Gasteiger partial charge on any atom is -0.453 e. The Morgan fingerprint density at radius 3 is 1.85 bits per heavy atom. The molecule has 0 aromatic heterocycles. The van der Waals surface area contributed by atoms with Crippen LogP contribution in [-0.2, 0) is 71.5 Å². The lowest BCUT2D eigenvalue weighted by atomic mass is 9.40. The molecule has 0 unspecified atom stereocenters. The standard InChI is InChI=1S/C54H86O27S/c1-22-39(76-45-38(64)41(33(59)26(20-56)74-45)77-44-37(63)40(70-9)32(58)25(19-55)73-44)35(61)36(62)43(72-22)78-42-34(60)27(81-82(67,68)69)21-71-46(42)75-30-13-15-50(6)24-18-29(57)54-47(65)80-52(8,31-12-14-48(2,3)79-31)53(54,66)17-16-51(54,7)23(24)10-11-28(50)49(30,4)5/h18,22-23,25-46,55-64,66H,10-17,19-21H2,1-9H3,(H,67,68,69)/t22-,23-,25-,26-,27-,28+,29+,30+,31-,32-,33-,34+,35-,36-,37-,38-,39-,40+,41+,42-,43+,44+,45+,46+,50-,51+,52+,53+,54-/m1/s1. The average molecular weight is 1200 g/mol. The predicted octanol–water partition coefficient (Wildman–Crippen LogP) is -2.26. The fraction of sp³-hybridized carbons (Fsp3) is 0.944. The van der Waals surface area contributed by atoms with E-state index in [1.54, 1.807) is 13.0 Å². The smallest absolute Gasteiger partial charge is 0.397 e. The quantitative estimate of drug-likeness (QED) is 0.0378. The molecule has 28 heteroatoms. The van der Waals surface area contributed by atoms with Crippen LogP contribution in [0.25, 0.3) is 0 Å². The zero-order valence-corrected chi connectivity index (χ0v) is 48.4. The van der Waals surface area contributed by atoms with Crippen molar-refractivity contribution in [1.29, 1.82) is 0 Å². The summed E-state index contributed by atoms with van der Waals surface area (Å²) in [6, 6.07) is 0. The number of fused-ring (bicyclic) bond motifs is 4. The highest BCUT2D eigenvalue weighted by Crippen LogP contribution is 2.77. The Kier molecular flexibility index (Phi) is 17.0. The zero-order chi connectivity index (χ0) is 60.0. The van der Waals surface area contributed by atoms with Gasteiger partial charge in [0, 0.05) is 7.11 Å². The van der Waals surface area contributed by atoms with Gasteiger partial charge in [-0.3, -0.25) is 9.35 Å². The summed E-state index contributed by atoms with van der Waals surface area (Å²) in [5, 5.41) is 125. The molecule has 27 nitrogen and oxygen atoms in total. The van der Waals surface area contributed by atoms with Crippen LogP contribution in [0.5, 0.6) is 0 Å². The van der Waals surface area contributed by atoms with Crippen molar-refractivity contribution < 1.29 is 130 Å². The number of esters is 1. The fourth-order valence-electron chi connectivity index (χ4n) is 17.0. The molecule has 3 saturated carbocycles. The van der Waals surface area contributed by atoms with Gasteiger partial charge in [0.2, 0.25) is 0 Å². The van der Waals surface area contributed by atoms with Crippen LogP contribution in [0.4, 0.5) is 0 Å². The molecule has 10 aliphatic rings. The van der Waals surface area contributed by atoms with Crippen molar-refractivity contribution in [3.8, 4) is 0 Å². The number of hydrogen-bond acceptors (Lipinski definition) is 26. The minimum atomic E-state index is -5.19. The Balaban J connectivity index is 0.852. The molecule has 29 atom stereocenters. The predicted molar refractivity (Wildman–Crippen MR) is 273 cm³/mol. The van der Waals surface area contributed by atoms with Gasteiger partial charge in [0.1, 0.15) is 103 Å². The van der Waals surface area contributed by atoms with Crippen LogP contribution in [-0.4, -0.2) is 254 Å². The number of aliphatic hydroxyl groups excluding tert-OH is 10. The van der Waals surface area contributed by atoms with E-state index in [2.05, 4.69) is 6.92 Å². The van der Waals surface area contributed by atoms with E-state index >= 15 is 0 Å². The van der Waals surface area contributed by atoms with Crippen LogP contribution >= 0.6 is 0 Å². The summed E-state index contributed by atoms with van der Waals surface area (Å²) >= 11 is 0. The topological polar surface area (TPSA) is 405 Å². The SMILES string of the molecule is CO[C@@H]1[C@@H](O)[C@H](O[C@@H]2[C@@H](O)[C@H](O[C@H]3[C@H](O)[C@@H](O)[C@H](O[C@H]4[C@H](O[C@H]5CC[C@]6(C)C7=C[C@H](O)[C@]89C(=O)O[C@@](C)([C@H]%10CCC(C)(C)O%10)[C@@]8(O)CC[C@@]9(C)[C@@H]7CC[C@H]6C5(C)C)OC[C@@H](OS(=O)(=O)O)[C@@H]4O)O[C@@H]3C)O[C@H](CO)[C@H]2O)O[C@H](CO)[C@H]1O. The van der Waals surface area contributed by atoms with Gasteiger partial charge in [-0.2, -0.15) is 8.42 Å². The number of aliphatic hydroxyl groups is 11. The lowest BCUT2D eigenvalue weighted by molar-refractivity contribution is -0.389. The minimum absolute atomic E-state index is 0.131. The Labute approximate surface area is 475 Å². The van der Waals surface area contributed by atoms with E-state index in [-0.39, 0.29) is 18.3 Å². The number of allylic oxidation sites excluding steroid dienone is 1. The van der Waals surface area contributed by atoms with Crippen LogP contribution in [0.15, 0.2) is 11.6 Å². The Morgan fingerprint density at radius 2 is 1.26 bits per heavy atom. The molecule has 0 radical (unpaired) electrons. The van der Waals surface area contributed by atoms with Gasteiger partial charge < -0.3 is 108 Å². The highest BCUT2D eigenvalue weighted by atomic mass is 32.3. The lowest BCUT2D eigenvalue weighted by Gasteiger charge is -2.64. The van der Waals surface area contributed by atoms with Crippen molar-refractivity contribution in [2.45, 2.75) is 259 Å². The molecule has 0 aromatic carbocycles. The third-order valence-corrected chi connectivity index (χ3v) is 21.9. The van der Waals surface area contributed by atoms with E-state index in [1.165, 1.54) is 14.0 Å². The Morgan fingerprint density at radius 1 is 0.659 bits per heavy atom. The van der Waals surface area contributed by atoms with Gasteiger partial charge in [-0.1, -0.05) is 39.3 Å². The highest BCUT2D eigenvalue weighted by Gasteiger charge is 2.87. The molecule has 0 amide bonds. The maximum absolute atomic E-state index is 14.7. The van der Waals surface area contributed by atoms with Crippen molar-refractivity contribution in [3.05, 3.63) is 11.6 Å². The maximum atomic E-state index is 14.7. The van der Waals surface area contributed by atoms with Gasteiger partial charge in [0.05, 0.1) is 43.7 Å². The second-order valence-electron chi connectivity index (χ2n) is 26.5. The molecule has 12 N–H and O–H groups in total. The van der Waals surface area contributed by atoms with Crippen molar-refractivity contribution in [2.24, 2.45) is 33.5 Å². The summed E-state index contributed by atoms with van der Waals surface area (Å²) in [7, 11) is -4.02. The van der Waals surface area contributed by atoms with Crippen LogP contribution < -0.4 is 0 Å². The van der Waals surface area contributed by atoms with Crippen LogP contribution in [0, 0.1) is 33.5 Å². The monoisotopic (exact) mass is 1200 g/mol. The number of ether oxygens (including phenoxy) is 11. The van der Waals surface area contributed by atoms with Gasteiger partial charge >= 0.3 is 16.4 Å². The van der Waals surface area contributed by atoms with Crippen molar-refractivity contribution in [3.63, 3.8) is 0 Å². The molecule has 4 aliphatic carbocycles. The fourth-order valence-corrected chi connectivity index (χ4v) is 17.5. The number of hydrogen-bond donors (Lipinski definition) is 12. The summed E-state index contributed by atoms with van der Waals surface area (Å²) in [5.74, 6) is -0.972. The first-order valence-electron chi connectivity index (χ1n) is 28.6. The highest BCUT2D eigenvalue weighted by molar-refractivity contribution is 7.80. The van der Waals surface area contributed by atoms with Crippen LogP contribution in [0.3, 0.4) is 0 Å². The molecule has 6 saturated heterocycles. The number of methoxy groups -OCH3 is 1. The number of rotatable bonds is 14. The number of cyclic esters (lactones) is 1. The van der Waals surface area contributed by atoms with Crippen LogP contribution in [0.1, 0.15) is 107 Å². The maximum Gasteiger partial charge on any atom is 0.397 e. The molecule has 6 aliphatic heterocycles. The van der Waals surface area contributed by atoms with Gasteiger partial charge in [0.25, 0.3) is 0 Å². The molecule has 1 spiro atoms. The molecule has 82 heavy (non-hydrogen) atoms. The molecular weight excluding hydrogens is 1110 g/mol. The van der Waals surface area contributed by atoms with Crippen molar-refractivity contribution >= 4 is 16.4 Å². The van der Waals surface area contributed by atoms with Gasteiger partial charge in [-0.05, 0) is 107 Å². The lowest BCUT2D eigenvalue weighted by Crippen LogP contribution is -2.69. The molecule has 10 rings (SSSR count). The van der Waals surface area contributed by atoms with E-state index in [4.69, 9.17) is 56.3 Å². The first kappa shape index (κ1) is 63.3. The Bertz CT molecular complexity index is 2490. The molecule has 0 aromatic rings. The summed E-state index contributed by atoms with van der Waals surface area (Å²) in [6.07, 6.45) is -29.1. The van der Waals surface area contributed by atoms with Gasteiger partial charge in [-0.15, -0.1) is 0 Å².